The second kappa shape index (κ2) is 10.3. The molecule has 25 heavy (non-hydrogen) atoms. The molecule has 9 heteroatoms. The first-order valence-corrected chi connectivity index (χ1v) is 8.53. The highest BCUT2D eigenvalue weighted by molar-refractivity contribution is 5.85. The maximum Gasteiger partial charge on any atom is 0.248 e. The molecule has 2 aliphatic heterocycles. The predicted octanol–water partition coefficient (Wildman–Crippen LogP) is 0.642. The zero-order chi connectivity index (χ0) is 16.1. The van der Waals surface area contributed by atoms with E-state index in [0.29, 0.717) is 12.6 Å². The Morgan fingerprint density at radius 2 is 2.00 bits per heavy atom. The minimum absolute atomic E-state index is 0. The third kappa shape index (κ3) is 5.08. The number of halogens is 2. The number of hydrogen-bond donors (Lipinski definition) is 2. The Morgan fingerprint density at radius 1 is 1.32 bits per heavy atom. The third-order valence-corrected chi connectivity index (χ3v) is 5.02. The van der Waals surface area contributed by atoms with E-state index >= 15 is 0 Å². The Hall–Kier alpha value is -0.860. The molecule has 1 aromatic rings. The van der Waals surface area contributed by atoms with E-state index in [1.165, 1.54) is 0 Å². The molecule has 0 radical (unpaired) electrons. The number of piperidine rings is 1. The van der Waals surface area contributed by atoms with E-state index in [2.05, 4.69) is 27.6 Å². The Balaban J connectivity index is 0.00000156. The summed E-state index contributed by atoms with van der Waals surface area (Å²) >= 11 is 0. The molecule has 3 rings (SSSR count). The van der Waals surface area contributed by atoms with Crippen LogP contribution in [0.1, 0.15) is 19.8 Å². The summed E-state index contributed by atoms with van der Waals surface area (Å²) in [6, 6.07) is 2.20. The van der Waals surface area contributed by atoms with Crippen molar-refractivity contribution in [1.82, 2.24) is 25.3 Å². The first-order chi connectivity index (χ1) is 11.2. The Labute approximate surface area is 161 Å². The van der Waals surface area contributed by atoms with Crippen LogP contribution in [0.5, 0.6) is 0 Å². The van der Waals surface area contributed by atoms with Gasteiger partial charge in [-0.2, -0.15) is 5.10 Å². The third-order valence-electron chi connectivity index (χ3n) is 5.02. The van der Waals surface area contributed by atoms with E-state index in [0.717, 1.165) is 52.2 Å². The average Bonchev–Trinajstić information content (AvgIpc) is 3.16. The van der Waals surface area contributed by atoms with Crippen molar-refractivity contribution in [3.63, 3.8) is 0 Å². The maximum absolute atomic E-state index is 13.0. The molecular formula is C16H29Cl2N5O2. The number of morpholine rings is 1. The lowest BCUT2D eigenvalue weighted by Gasteiger charge is -2.37. The van der Waals surface area contributed by atoms with Crippen LogP contribution in [-0.2, 0) is 15.1 Å². The molecule has 0 bridgehead atoms. The highest BCUT2D eigenvalue weighted by Gasteiger charge is 2.42. The predicted molar refractivity (Wildman–Crippen MR) is 102 cm³/mol. The molecular weight excluding hydrogens is 365 g/mol. The second-order valence-electron chi connectivity index (χ2n) is 6.44. The first kappa shape index (κ1) is 22.2. The molecule has 0 spiro atoms. The smallest absolute Gasteiger partial charge is 0.248 e. The fourth-order valence-electron chi connectivity index (χ4n) is 3.47. The van der Waals surface area contributed by atoms with Gasteiger partial charge in [-0.05, 0) is 38.9 Å². The highest BCUT2D eigenvalue weighted by atomic mass is 35.5. The monoisotopic (exact) mass is 393 g/mol. The van der Waals surface area contributed by atoms with Gasteiger partial charge in [0.15, 0.2) is 0 Å². The number of nitrogens with zero attached hydrogens (tertiary/aromatic N) is 3. The molecule has 1 aromatic heterocycles. The SMILES string of the molecule is CC(CNC(=O)C1(n2cccn2)CCNCC1)N1CCOCC1.Cl.Cl. The molecule has 2 aliphatic rings. The summed E-state index contributed by atoms with van der Waals surface area (Å²) in [5.41, 5.74) is -0.556. The number of carbonyl (C=O) groups is 1. The van der Waals surface area contributed by atoms with E-state index in [4.69, 9.17) is 4.74 Å². The summed E-state index contributed by atoms with van der Waals surface area (Å²) < 4.78 is 7.22. The molecule has 2 fully saturated rings. The average molecular weight is 394 g/mol. The standard InChI is InChI=1S/C16H27N5O2.2ClH/c1-14(20-9-11-23-12-10-20)13-18-15(22)16(3-6-17-7-4-16)21-8-2-5-19-21;;/h2,5,8,14,17H,3-4,6-7,9-13H2,1H3,(H,18,22);2*1H. The Kier molecular flexibility index (Phi) is 9.16. The number of nitrogens with one attached hydrogen (secondary N) is 2. The zero-order valence-corrected chi connectivity index (χ0v) is 16.3. The zero-order valence-electron chi connectivity index (χ0n) is 14.6. The number of aromatic nitrogens is 2. The van der Waals surface area contributed by atoms with Gasteiger partial charge < -0.3 is 15.4 Å². The molecule has 1 atom stereocenters. The Morgan fingerprint density at radius 3 is 2.60 bits per heavy atom. The van der Waals surface area contributed by atoms with Gasteiger partial charge in [-0.3, -0.25) is 14.4 Å². The molecule has 1 amide bonds. The Bertz CT molecular complexity index is 503. The molecule has 1 unspecified atom stereocenters. The van der Waals surface area contributed by atoms with Gasteiger partial charge in [0, 0.05) is 38.1 Å². The van der Waals surface area contributed by atoms with Crippen molar-refractivity contribution in [2.45, 2.75) is 31.3 Å². The van der Waals surface area contributed by atoms with Crippen molar-refractivity contribution < 1.29 is 9.53 Å². The number of ether oxygens (including phenoxy) is 1. The van der Waals surface area contributed by atoms with Gasteiger partial charge in [0.1, 0.15) is 5.54 Å². The molecule has 0 saturated carbocycles. The molecule has 0 aromatic carbocycles. The summed E-state index contributed by atoms with van der Waals surface area (Å²) in [5.74, 6) is 0.0859. The molecule has 0 aliphatic carbocycles. The summed E-state index contributed by atoms with van der Waals surface area (Å²) in [7, 11) is 0. The van der Waals surface area contributed by atoms with Crippen molar-refractivity contribution >= 4 is 30.7 Å². The number of amides is 1. The minimum Gasteiger partial charge on any atom is -0.379 e. The van der Waals surface area contributed by atoms with Gasteiger partial charge in [0.2, 0.25) is 5.91 Å². The van der Waals surface area contributed by atoms with Gasteiger partial charge >= 0.3 is 0 Å². The van der Waals surface area contributed by atoms with Crippen molar-refractivity contribution in [2.24, 2.45) is 0 Å². The van der Waals surface area contributed by atoms with Crippen molar-refractivity contribution in [2.75, 3.05) is 45.9 Å². The molecule has 3 heterocycles. The van der Waals surface area contributed by atoms with E-state index in [1.807, 2.05) is 16.9 Å². The highest BCUT2D eigenvalue weighted by Crippen LogP contribution is 2.27. The van der Waals surface area contributed by atoms with E-state index in [1.54, 1.807) is 6.20 Å². The van der Waals surface area contributed by atoms with Crippen molar-refractivity contribution in [1.29, 1.82) is 0 Å². The molecule has 2 N–H and O–H groups in total. The van der Waals surface area contributed by atoms with Gasteiger partial charge in [0.05, 0.1) is 13.2 Å². The number of hydrogen-bond acceptors (Lipinski definition) is 5. The van der Waals surface area contributed by atoms with Crippen LogP contribution in [0.4, 0.5) is 0 Å². The summed E-state index contributed by atoms with van der Waals surface area (Å²) in [5, 5.41) is 10.8. The van der Waals surface area contributed by atoms with E-state index in [-0.39, 0.29) is 30.7 Å². The van der Waals surface area contributed by atoms with Crippen LogP contribution in [0.25, 0.3) is 0 Å². The second-order valence-corrected chi connectivity index (χ2v) is 6.44. The quantitative estimate of drug-likeness (QED) is 0.767. The fourth-order valence-corrected chi connectivity index (χ4v) is 3.47. The lowest BCUT2D eigenvalue weighted by atomic mass is 9.87. The fraction of sp³-hybridized carbons (Fsp3) is 0.750. The van der Waals surface area contributed by atoms with Gasteiger partial charge in [-0.25, -0.2) is 0 Å². The van der Waals surface area contributed by atoms with Crippen molar-refractivity contribution in [3.05, 3.63) is 18.5 Å². The molecule has 2 saturated heterocycles. The first-order valence-electron chi connectivity index (χ1n) is 8.53. The van der Waals surface area contributed by atoms with Crippen LogP contribution in [0.3, 0.4) is 0 Å². The minimum atomic E-state index is -0.556. The van der Waals surface area contributed by atoms with Crippen LogP contribution in [0, 0.1) is 0 Å². The number of rotatable bonds is 5. The topological polar surface area (TPSA) is 71.4 Å². The number of carbonyl (C=O) groups excluding carboxylic acids is 1. The summed E-state index contributed by atoms with van der Waals surface area (Å²) in [6.45, 7) is 7.93. The summed E-state index contributed by atoms with van der Waals surface area (Å²) in [4.78, 5) is 15.3. The molecule has 144 valence electrons. The lowest BCUT2D eigenvalue weighted by Crippen LogP contribution is -2.56. The normalized spacial score (nSPS) is 21.5. The summed E-state index contributed by atoms with van der Waals surface area (Å²) in [6.07, 6.45) is 5.18. The van der Waals surface area contributed by atoms with E-state index in [9.17, 15) is 4.79 Å². The largest absolute Gasteiger partial charge is 0.379 e. The van der Waals surface area contributed by atoms with Crippen LogP contribution < -0.4 is 10.6 Å². The van der Waals surface area contributed by atoms with Gasteiger partial charge in [-0.1, -0.05) is 0 Å². The van der Waals surface area contributed by atoms with Gasteiger partial charge in [-0.15, -0.1) is 24.8 Å². The van der Waals surface area contributed by atoms with E-state index < -0.39 is 5.54 Å². The lowest BCUT2D eigenvalue weighted by molar-refractivity contribution is -0.132. The van der Waals surface area contributed by atoms with Crippen molar-refractivity contribution in [3.8, 4) is 0 Å². The van der Waals surface area contributed by atoms with Crippen LogP contribution >= 0.6 is 24.8 Å². The van der Waals surface area contributed by atoms with Gasteiger partial charge in [0.25, 0.3) is 0 Å². The van der Waals surface area contributed by atoms with Crippen LogP contribution in [0.2, 0.25) is 0 Å². The van der Waals surface area contributed by atoms with Crippen LogP contribution in [0.15, 0.2) is 18.5 Å². The maximum atomic E-state index is 13.0. The van der Waals surface area contributed by atoms with Crippen LogP contribution in [-0.4, -0.2) is 72.6 Å². The molecule has 7 nitrogen and oxygen atoms in total.